The molecule has 1 atom stereocenters. The topological polar surface area (TPSA) is 35.2 Å². The van der Waals surface area contributed by atoms with E-state index in [1.165, 1.54) is 5.56 Å². The fraction of sp³-hybridized carbons (Fsp3) is 0.286. The minimum Gasteiger partial charge on any atom is -0.496 e. The summed E-state index contributed by atoms with van der Waals surface area (Å²) in [4.78, 5) is 1.03. The van der Waals surface area contributed by atoms with Crippen LogP contribution in [0.3, 0.4) is 0 Å². The largest absolute Gasteiger partial charge is 0.496 e. The molecule has 1 aromatic heterocycles. The molecule has 0 fully saturated rings. The van der Waals surface area contributed by atoms with Crippen molar-refractivity contribution in [3.8, 4) is 5.75 Å². The Labute approximate surface area is 116 Å². The third kappa shape index (κ3) is 2.86. The fourth-order valence-corrected chi connectivity index (χ4v) is 3.17. The number of methoxy groups -OCH3 is 1. The molecule has 1 unspecified atom stereocenters. The summed E-state index contributed by atoms with van der Waals surface area (Å²) >= 11 is 7.70. The van der Waals surface area contributed by atoms with Gasteiger partial charge in [0.05, 0.1) is 12.1 Å². The summed E-state index contributed by atoms with van der Waals surface area (Å²) < 4.78 is 5.36. The molecule has 1 heterocycles. The quantitative estimate of drug-likeness (QED) is 0.921. The van der Waals surface area contributed by atoms with Crippen molar-refractivity contribution in [2.75, 3.05) is 7.11 Å². The van der Waals surface area contributed by atoms with Gasteiger partial charge in [0.25, 0.3) is 0 Å². The van der Waals surface area contributed by atoms with Gasteiger partial charge in [-0.05, 0) is 36.4 Å². The molecule has 0 aliphatic rings. The van der Waals surface area contributed by atoms with E-state index < -0.39 is 0 Å². The molecule has 0 bridgehead atoms. The molecule has 2 N–H and O–H groups in total. The summed E-state index contributed by atoms with van der Waals surface area (Å²) in [5.41, 5.74) is 8.54. The van der Waals surface area contributed by atoms with Crippen LogP contribution in [0, 0.1) is 6.92 Å². The van der Waals surface area contributed by atoms with E-state index in [1.54, 1.807) is 18.4 Å². The molecule has 0 spiro atoms. The van der Waals surface area contributed by atoms with Gasteiger partial charge in [-0.15, -0.1) is 11.3 Å². The highest BCUT2D eigenvalue weighted by Crippen LogP contribution is 2.31. The summed E-state index contributed by atoms with van der Waals surface area (Å²) in [7, 11) is 1.68. The van der Waals surface area contributed by atoms with Crippen LogP contribution >= 0.6 is 22.9 Å². The van der Waals surface area contributed by atoms with E-state index in [2.05, 4.69) is 13.0 Å². The Balaban J connectivity index is 2.23. The van der Waals surface area contributed by atoms with Gasteiger partial charge in [-0.3, -0.25) is 0 Å². The predicted octanol–water partition coefficient (Wildman–Crippen LogP) is 3.96. The van der Waals surface area contributed by atoms with Gasteiger partial charge in [-0.25, -0.2) is 0 Å². The first-order valence-corrected chi connectivity index (χ1v) is 6.99. The van der Waals surface area contributed by atoms with Crippen molar-refractivity contribution in [1.29, 1.82) is 0 Å². The second kappa shape index (κ2) is 5.74. The van der Waals surface area contributed by atoms with Crippen LogP contribution in [0.2, 0.25) is 5.02 Å². The molecule has 18 heavy (non-hydrogen) atoms. The van der Waals surface area contributed by atoms with Gasteiger partial charge in [0.15, 0.2) is 0 Å². The standard InChI is InChI=1S/C14H16ClNOS/c1-9-3-4-13(17-2)10(7-9)8-12(16)14-11(15)5-6-18-14/h3-7,12H,8,16H2,1-2H3. The van der Waals surface area contributed by atoms with E-state index in [0.717, 1.165) is 27.6 Å². The van der Waals surface area contributed by atoms with Crippen molar-refractivity contribution in [2.24, 2.45) is 5.73 Å². The summed E-state index contributed by atoms with van der Waals surface area (Å²) in [6.45, 7) is 2.06. The van der Waals surface area contributed by atoms with Crippen LogP contribution in [0.15, 0.2) is 29.6 Å². The van der Waals surface area contributed by atoms with Crippen molar-refractivity contribution in [2.45, 2.75) is 19.4 Å². The lowest BCUT2D eigenvalue weighted by Crippen LogP contribution is -2.13. The molecule has 0 radical (unpaired) electrons. The highest BCUT2D eigenvalue weighted by molar-refractivity contribution is 7.10. The first-order valence-electron chi connectivity index (χ1n) is 5.74. The number of benzene rings is 1. The van der Waals surface area contributed by atoms with Crippen LogP contribution in [0.4, 0.5) is 0 Å². The zero-order chi connectivity index (χ0) is 13.1. The molecule has 2 nitrogen and oxygen atoms in total. The highest BCUT2D eigenvalue weighted by atomic mass is 35.5. The third-order valence-corrected chi connectivity index (χ3v) is 4.35. The van der Waals surface area contributed by atoms with Crippen molar-refractivity contribution in [1.82, 2.24) is 0 Å². The maximum absolute atomic E-state index is 6.22. The van der Waals surface area contributed by atoms with Crippen LogP contribution in [0.1, 0.15) is 22.0 Å². The van der Waals surface area contributed by atoms with Gasteiger partial charge in [0.2, 0.25) is 0 Å². The van der Waals surface area contributed by atoms with Crippen molar-refractivity contribution in [3.63, 3.8) is 0 Å². The van der Waals surface area contributed by atoms with E-state index in [9.17, 15) is 0 Å². The Morgan fingerprint density at radius 2 is 2.17 bits per heavy atom. The van der Waals surface area contributed by atoms with E-state index in [0.29, 0.717) is 0 Å². The summed E-state index contributed by atoms with van der Waals surface area (Å²) in [6, 6.07) is 7.92. The molecule has 0 saturated heterocycles. The lowest BCUT2D eigenvalue weighted by atomic mass is 10.0. The lowest BCUT2D eigenvalue weighted by Gasteiger charge is -2.14. The van der Waals surface area contributed by atoms with E-state index in [-0.39, 0.29) is 6.04 Å². The van der Waals surface area contributed by atoms with E-state index in [4.69, 9.17) is 22.1 Å². The van der Waals surface area contributed by atoms with Gasteiger partial charge in [-0.1, -0.05) is 29.3 Å². The van der Waals surface area contributed by atoms with Gasteiger partial charge in [0.1, 0.15) is 5.75 Å². The molecule has 2 rings (SSSR count). The predicted molar refractivity (Wildman–Crippen MR) is 77.7 cm³/mol. The van der Waals surface area contributed by atoms with Gasteiger partial charge >= 0.3 is 0 Å². The molecule has 96 valence electrons. The SMILES string of the molecule is COc1ccc(C)cc1CC(N)c1sccc1Cl. The number of ether oxygens (including phenoxy) is 1. The van der Waals surface area contributed by atoms with E-state index in [1.807, 2.05) is 23.6 Å². The van der Waals surface area contributed by atoms with E-state index >= 15 is 0 Å². The average Bonchev–Trinajstić information content (AvgIpc) is 2.76. The minimum atomic E-state index is -0.0896. The third-order valence-electron chi connectivity index (χ3n) is 2.86. The van der Waals surface area contributed by atoms with Crippen LogP contribution < -0.4 is 10.5 Å². The molecule has 0 aliphatic carbocycles. The van der Waals surface area contributed by atoms with Gasteiger partial charge < -0.3 is 10.5 Å². The van der Waals surface area contributed by atoms with Crippen LogP contribution in [0.5, 0.6) is 5.75 Å². The monoisotopic (exact) mass is 281 g/mol. The van der Waals surface area contributed by atoms with Crippen LogP contribution in [-0.4, -0.2) is 7.11 Å². The minimum absolute atomic E-state index is 0.0896. The summed E-state index contributed by atoms with van der Waals surface area (Å²) in [5, 5.41) is 2.71. The summed E-state index contributed by atoms with van der Waals surface area (Å²) in [5.74, 6) is 0.878. The molecule has 0 amide bonds. The van der Waals surface area contributed by atoms with Crippen molar-refractivity contribution < 1.29 is 4.74 Å². The maximum atomic E-state index is 6.22. The first-order chi connectivity index (χ1) is 8.61. The number of thiophene rings is 1. The maximum Gasteiger partial charge on any atom is 0.122 e. The molecule has 4 heteroatoms. The zero-order valence-electron chi connectivity index (χ0n) is 10.4. The highest BCUT2D eigenvalue weighted by Gasteiger charge is 2.14. The number of aryl methyl sites for hydroxylation is 1. The summed E-state index contributed by atoms with van der Waals surface area (Å²) in [6.07, 6.45) is 0.727. The molecule has 2 aromatic rings. The van der Waals surface area contributed by atoms with Crippen molar-refractivity contribution in [3.05, 3.63) is 50.7 Å². The number of hydrogen-bond donors (Lipinski definition) is 1. The van der Waals surface area contributed by atoms with Crippen LogP contribution in [-0.2, 0) is 6.42 Å². The number of rotatable bonds is 4. The van der Waals surface area contributed by atoms with Gasteiger partial charge in [-0.2, -0.15) is 0 Å². The van der Waals surface area contributed by atoms with Crippen molar-refractivity contribution >= 4 is 22.9 Å². The number of hydrogen-bond acceptors (Lipinski definition) is 3. The molecular formula is C14H16ClNOS. The molecular weight excluding hydrogens is 266 g/mol. The number of nitrogens with two attached hydrogens (primary N) is 1. The second-order valence-corrected chi connectivity index (χ2v) is 5.61. The average molecular weight is 282 g/mol. The smallest absolute Gasteiger partial charge is 0.122 e. The lowest BCUT2D eigenvalue weighted by molar-refractivity contribution is 0.408. The Bertz CT molecular complexity index is 538. The normalized spacial score (nSPS) is 12.4. The van der Waals surface area contributed by atoms with Gasteiger partial charge in [0, 0.05) is 10.9 Å². The second-order valence-electron chi connectivity index (χ2n) is 4.26. The Morgan fingerprint density at radius 1 is 1.39 bits per heavy atom. The molecule has 0 saturated carbocycles. The molecule has 1 aromatic carbocycles. The number of halogens is 1. The fourth-order valence-electron chi connectivity index (χ4n) is 1.97. The zero-order valence-corrected chi connectivity index (χ0v) is 12.0. The Morgan fingerprint density at radius 3 is 2.78 bits per heavy atom. The van der Waals surface area contributed by atoms with Crippen LogP contribution in [0.25, 0.3) is 0 Å². The molecule has 0 aliphatic heterocycles. The Kier molecular flexibility index (Phi) is 4.27. The first kappa shape index (κ1) is 13.4. The Hall–Kier alpha value is -1.03.